The van der Waals surface area contributed by atoms with Gasteiger partial charge in [0, 0.05) is 18.2 Å². The van der Waals surface area contributed by atoms with Gasteiger partial charge in [0.15, 0.2) is 11.5 Å². The minimum Gasteiger partial charge on any atom is -0.493 e. The first-order valence-corrected chi connectivity index (χ1v) is 5.30. The van der Waals surface area contributed by atoms with Crippen LogP contribution in [0, 0.1) is 0 Å². The summed E-state index contributed by atoms with van der Waals surface area (Å²) in [7, 11) is 3.09. The van der Waals surface area contributed by atoms with E-state index in [9.17, 15) is 4.79 Å². The molecule has 1 rings (SSSR count). The van der Waals surface area contributed by atoms with Crippen molar-refractivity contribution < 1.29 is 19.4 Å². The van der Waals surface area contributed by atoms with Crippen LogP contribution in [0.4, 0.5) is 5.69 Å². The molecular formula is C12H17NO4. The van der Waals surface area contributed by atoms with E-state index in [0.717, 1.165) is 5.56 Å². The first-order valence-electron chi connectivity index (χ1n) is 5.30. The molecule has 0 radical (unpaired) electrons. The fraction of sp³-hybridized carbons (Fsp3) is 0.417. The zero-order chi connectivity index (χ0) is 12.8. The third-order valence-electron chi connectivity index (χ3n) is 2.48. The topological polar surface area (TPSA) is 81.8 Å². The summed E-state index contributed by atoms with van der Waals surface area (Å²) in [6.45, 7) is 0. The Hall–Kier alpha value is -1.91. The summed E-state index contributed by atoms with van der Waals surface area (Å²) in [5, 5.41) is 8.57. The molecule has 0 atom stereocenters. The lowest BCUT2D eigenvalue weighted by Crippen LogP contribution is -2.01. The van der Waals surface area contributed by atoms with Crippen LogP contribution in [0.1, 0.15) is 18.4 Å². The fourth-order valence-corrected chi connectivity index (χ4v) is 1.58. The van der Waals surface area contributed by atoms with E-state index in [0.29, 0.717) is 30.0 Å². The molecule has 0 fully saturated rings. The minimum atomic E-state index is -0.802. The van der Waals surface area contributed by atoms with Crippen LogP contribution >= 0.6 is 0 Å². The summed E-state index contributed by atoms with van der Waals surface area (Å²) >= 11 is 0. The summed E-state index contributed by atoms with van der Waals surface area (Å²) in [6, 6.07) is 3.48. The van der Waals surface area contributed by atoms with Crippen molar-refractivity contribution in [2.75, 3.05) is 20.0 Å². The quantitative estimate of drug-likeness (QED) is 0.738. The first-order chi connectivity index (χ1) is 8.08. The Morgan fingerprint density at radius 3 is 2.41 bits per heavy atom. The third kappa shape index (κ3) is 3.55. The molecule has 3 N–H and O–H groups in total. The molecule has 0 aliphatic rings. The van der Waals surface area contributed by atoms with Gasteiger partial charge in [0.05, 0.1) is 14.2 Å². The highest BCUT2D eigenvalue weighted by Crippen LogP contribution is 2.32. The predicted molar refractivity (Wildman–Crippen MR) is 64.5 cm³/mol. The maximum atomic E-state index is 10.4. The number of nitrogens with two attached hydrogens (primary N) is 1. The van der Waals surface area contributed by atoms with Crippen molar-refractivity contribution in [3.8, 4) is 11.5 Å². The Labute approximate surface area is 100 Å². The van der Waals surface area contributed by atoms with Gasteiger partial charge in [-0.05, 0) is 24.5 Å². The highest BCUT2D eigenvalue weighted by molar-refractivity contribution is 5.66. The van der Waals surface area contributed by atoms with E-state index in [1.165, 1.54) is 0 Å². The number of aliphatic carboxylic acids is 1. The smallest absolute Gasteiger partial charge is 0.303 e. The fourth-order valence-electron chi connectivity index (χ4n) is 1.58. The van der Waals surface area contributed by atoms with Gasteiger partial charge in [-0.1, -0.05) is 0 Å². The number of aryl methyl sites for hydroxylation is 1. The van der Waals surface area contributed by atoms with Crippen molar-refractivity contribution >= 4 is 11.7 Å². The molecule has 0 bridgehead atoms. The second-order valence-corrected chi connectivity index (χ2v) is 3.65. The van der Waals surface area contributed by atoms with Gasteiger partial charge in [-0.15, -0.1) is 0 Å². The van der Waals surface area contributed by atoms with E-state index in [-0.39, 0.29) is 6.42 Å². The number of anilines is 1. The van der Waals surface area contributed by atoms with Crippen LogP contribution in [-0.2, 0) is 11.2 Å². The molecule has 0 aliphatic heterocycles. The number of ether oxygens (including phenoxy) is 2. The van der Waals surface area contributed by atoms with Crippen molar-refractivity contribution in [3.05, 3.63) is 17.7 Å². The van der Waals surface area contributed by atoms with E-state index in [2.05, 4.69) is 0 Å². The van der Waals surface area contributed by atoms with Crippen LogP contribution < -0.4 is 15.2 Å². The Bertz CT molecular complexity index is 404. The van der Waals surface area contributed by atoms with Gasteiger partial charge in [-0.2, -0.15) is 0 Å². The van der Waals surface area contributed by atoms with Crippen LogP contribution in [0.3, 0.4) is 0 Å². The number of carbonyl (C=O) groups is 1. The summed E-state index contributed by atoms with van der Waals surface area (Å²) in [4.78, 5) is 10.4. The average Bonchev–Trinajstić information content (AvgIpc) is 2.30. The molecule has 5 heteroatoms. The molecule has 5 nitrogen and oxygen atoms in total. The molecule has 0 aromatic heterocycles. The predicted octanol–water partition coefficient (Wildman–Crippen LogP) is 1.69. The van der Waals surface area contributed by atoms with E-state index >= 15 is 0 Å². The molecule has 94 valence electrons. The van der Waals surface area contributed by atoms with Gasteiger partial charge in [0.25, 0.3) is 0 Å². The molecule has 0 saturated heterocycles. The summed E-state index contributed by atoms with van der Waals surface area (Å²) < 4.78 is 10.3. The van der Waals surface area contributed by atoms with Gasteiger partial charge in [0.2, 0.25) is 0 Å². The molecule has 1 aromatic rings. The summed E-state index contributed by atoms with van der Waals surface area (Å²) in [5.41, 5.74) is 7.32. The van der Waals surface area contributed by atoms with Crippen molar-refractivity contribution in [2.24, 2.45) is 0 Å². The van der Waals surface area contributed by atoms with E-state index in [1.807, 2.05) is 0 Å². The summed E-state index contributed by atoms with van der Waals surface area (Å²) in [6.07, 6.45) is 1.29. The highest BCUT2D eigenvalue weighted by atomic mass is 16.5. The summed E-state index contributed by atoms with van der Waals surface area (Å²) in [5.74, 6) is 0.378. The average molecular weight is 239 g/mol. The van der Waals surface area contributed by atoms with E-state index in [1.54, 1.807) is 26.4 Å². The zero-order valence-corrected chi connectivity index (χ0v) is 10.0. The van der Waals surface area contributed by atoms with Gasteiger partial charge in [-0.3, -0.25) is 4.79 Å². The Balaban J connectivity index is 2.81. The molecule has 0 amide bonds. The number of hydrogen-bond donors (Lipinski definition) is 2. The van der Waals surface area contributed by atoms with Gasteiger partial charge in [-0.25, -0.2) is 0 Å². The first kappa shape index (κ1) is 13.2. The van der Waals surface area contributed by atoms with Crippen LogP contribution in [0.25, 0.3) is 0 Å². The molecule has 1 aromatic carbocycles. The lowest BCUT2D eigenvalue weighted by Gasteiger charge is -2.12. The third-order valence-corrected chi connectivity index (χ3v) is 2.48. The number of benzene rings is 1. The molecular weight excluding hydrogens is 222 g/mol. The molecule has 0 heterocycles. The monoisotopic (exact) mass is 239 g/mol. The number of carboxylic acid groups (broad SMARTS) is 1. The lowest BCUT2D eigenvalue weighted by molar-refractivity contribution is -0.137. The molecule has 0 saturated carbocycles. The Morgan fingerprint density at radius 2 is 1.88 bits per heavy atom. The minimum absolute atomic E-state index is 0.133. The number of carboxylic acids is 1. The van der Waals surface area contributed by atoms with Gasteiger partial charge in [0.1, 0.15) is 0 Å². The molecule has 17 heavy (non-hydrogen) atoms. The van der Waals surface area contributed by atoms with Crippen molar-refractivity contribution in [1.29, 1.82) is 0 Å². The number of rotatable bonds is 6. The van der Waals surface area contributed by atoms with Crippen LogP contribution in [0.15, 0.2) is 12.1 Å². The second-order valence-electron chi connectivity index (χ2n) is 3.65. The lowest BCUT2D eigenvalue weighted by atomic mass is 10.1. The normalized spacial score (nSPS) is 10.0. The molecule has 0 spiro atoms. The van der Waals surface area contributed by atoms with E-state index in [4.69, 9.17) is 20.3 Å². The maximum absolute atomic E-state index is 10.4. The zero-order valence-electron chi connectivity index (χ0n) is 10.0. The molecule has 0 aliphatic carbocycles. The Morgan fingerprint density at radius 1 is 1.29 bits per heavy atom. The number of methoxy groups -OCH3 is 2. The highest BCUT2D eigenvalue weighted by Gasteiger charge is 2.09. The van der Waals surface area contributed by atoms with Crippen molar-refractivity contribution in [2.45, 2.75) is 19.3 Å². The number of hydrogen-bond acceptors (Lipinski definition) is 4. The molecule has 0 unspecified atom stereocenters. The SMILES string of the molecule is COc1cc(N)c(CCCC(=O)O)cc1OC. The van der Waals surface area contributed by atoms with Crippen molar-refractivity contribution in [1.82, 2.24) is 0 Å². The van der Waals surface area contributed by atoms with Gasteiger partial charge < -0.3 is 20.3 Å². The van der Waals surface area contributed by atoms with Crippen LogP contribution in [0.5, 0.6) is 11.5 Å². The Kier molecular flexibility index (Phi) is 4.63. The van der Waals surface area contributed by atoms with Crippen LogP contribution in [0.2, 0.25) is 0 Å². The largest absolute Gasteiger partial charge is 0.493 e. The van der Waals surface area contributed by atoms with Crippen molar-refractivity contribution in [3.63, 3.8) is 0 Å². The van der Waals surface area contributed by atoms with Crippen LogP contribution in [-0.4, -0.2) is 25.3 Å². The van der Waals surface area contributed by atoms with Gasteiger partial charge >= 0.3 is 5.97 Å². The van der Waals surface area contributed by atoms with E-state index < -0.39 is 5.97 Å². The standard InChI is InChI=1S/C12H17NO4/c1-16-10-6-8(4-3-5-12(14)15)9(13)7-11(10)17-2/h6-7H,3-5,13H2,1-2H3,(H,14,15). The second kappa shape index (κ2) is 5.98. The maximum Gasteiger partial charge on any atom is 0.303 e. The number of nitrogen functional groups attached to an aromatic ring is 1.